The van der Waals surface area contributed by atoms with Crippen LogP contribution in [-0.2, 0) is 16.1 Å². The minimum Gasteiger partial charge on any atom is -0.486 e. The lowest BCUT2D eigenvalue weighted by molar-refractivity contribution is -0.147. The zero-order valence-electron chi connectivity index (χ0n) is 15.4. The number of nitrogens with one attached hydrogen (secondary N) is 2. The predicted octanol–water partition coefficient (Wildman–Crippen LogP) is 2.83. The molecular weight excluding hydrogens is 394 g/mol. The Bertz CT molecular complexity index is 1000. The van der Waals surface area contributed by atoms with Crippen LogP contribution in [0.3, 0.4) is 0 Å². The maximum Gasteiger partial charge on any atom is 0.324 e. The zero-order valence-corrected chi connectivity index (χ0v) is 16.2. The molecule has 9 heteroatoms. The highest BCUT2D eigenvalue weighted by Gasteiger charge is 2.31. The van der Waals surface area contributed by atoms with Gasteiger partial charge in [-0.05, 0) is 36.1 Å². The third kappa shape index (κ3) is 3.84. The minimum atomic E-state index is -0.397. The standard InChI is InChI=1S/C20H19N3O5S/c24-20(15-10-14(21-22-15)19-2-1-7-29-19)27-11-13-9-17(28-23-13)12-3-4-16-18(8-12)26-6-5-25-16/h1-4,7-9,14-15,21-22H,5-6,10-11H2. The molecule has 150 valence electrons. The van der Waals surface area contributed by atoms with Gasteiger partial charge in [0.15, 0.2) is 17.3 Å². The third-order valence-electron chi connectivity index (χ3n) is 4.82. The second-order valence-electron chi connectivity index (χ2n) is 6.79. The Labute approximate surface area is 170 Å². The number of hydrogen-bond acceptors (Lipinski definition) is 9. The number of ether oxygens (including phenoxy) is 3. The van der Waals surface area contributed by atoms with Crippen molar-refractivity contribution in [3.63, 3.8) is 0 Å². The van der Waals surface area contributed by atoms with Crippen LogP contribution in [-0.4, -0.2) is 30.4 Å². The van der Waals surface area contributed by atoms with Gasteiger partial charge in [-0.25, -0.2) is 10.9 Å². The summed E-state index contributed by atoms with van der Waals surface area (Å²) in [5.74, 6) is 1.65. The topological polar surface area (TPSA) is 94.9 Å². The molecule has 0 amide bonds. The van der Waals surface area contributed by atoms with Gasteiger partial charge in [-0.1, -0.05) is 11.2 Å². The number of esters is 1. The number of hydrogen-bond donors (Lipinski definition) is 2. The molecule has 0 bridgehead atoms. The summed E-state index contributed by atoms with van der Waals surface area (Å²) in [4.78, 5) is 13.5. The first-order chi connectivity index (χ1) is 14.3. The van der Waals surface area contributed by atoms with Crippen molar-refractivity contribution in [3.05, 3.63) is 52.3 Å². The molecule has 5 rings (SSSR count). The molecule has 2 atom stereocenters. The normalized spacial score (nSPS) is 20.6. The maximum absolute atomic E-state index is 12.4. The lowest BCUT2D eigenvalue weighted by Gasteiger charge is -2.18. The quantitative estimate of drug-likeness (QED) is 0.617. The summed E-state index contributed by atoms with van der Waals surface area (Å²) in [7, 11) is 0. The Morgan fingerprint density at radius 1 is 1.17 bits per heavy atom. The van der Waals surface area contributed by atoms with Crippen molar-refractivity contribution in [2.24, 2.45) is 0 Å². The molecule has 29 heavy (non-hydrogen) atoms. The smallest absolute Gasteiger partial charge is 0.324 e. The molecule has 1 fully saturated rings. The van der Waals surface area contributed by atoms with Gasteiger partial charge in [0.05, 0.1) is 6.04 Å². The number of nitrogens with zero attached hydrogens (tertiary/aromatic N) is 1. The first-order valence-electron chi connectivity index (χ1n) is 9.33. The van der Waals surface area contributed by atoms with Crippen LogP contribution in [0.15, 0.2) is 46.3 Å². The Balaban J connectivity index is 1.18. The van der Waals surface area contributed by atoms with E-state index < -0.39 is 6.04 Å². The van der Waals surface area contributed by atoms with Crippen molar-refractivity contribution >= 4 is 17.3 Å². The maximum atomic E-state index is 12.4. The molecule has 8 nitrogen and oxygen atoms in total. The molecular formula is C20H19N3O5S. The van der Waals surface area contributed by atoms with Crippen LogP contribution < -0.4 is 20.3 Å². The Hall–Kier alpha value is -2.88. The lowest BCUT2D eigenvalue weighted by Crippen LogP contribution is -2.37. The fraction of sp³-hybridized carbons (Fsp3) is 0.300. The Kier molecular flexibility index (Phi) is 4.92. The highest BCUT2D eigenvalue weighted by atomic mass is 32.1. The van der Waals surface area contributed by atoms with Crippen molar-refractivity contribution in [2.75, 3.05) is 13.2 Å². The van der Waals surface area contributed by atoms with E-state index in [1.165, 1.54) is 4.88 Å². The largest absolute Gasteiger partial charge is 0.486 e. The van der Waals surface area contributed by atoms with E-state index in [-0.39, 0.29) is 18.6 Å². The Morgan fingerprint density at radius 2 is 2.07 bits per heavy atom. The van der Waals surface area contributed by atoms with E-state index in [2.05, 4.69) is 16.0 Å². The van der Waals surface area contributed by atoms with E-state index in [0.29, 0.717) is 42.6 Å². The van der Waals surface area contributed by atoms with Gasteiger partial charge in [0.2, 0.25) is 0 Å². The number of hydrazine groups is 1. The summed E-state index contributed by atoms with van der Waals surface area (Å²) in [6, 6.07) is 11.1. The first-order valence-corrected chi connectivity index (χ1v) is 10.2. The van der Waals surface area contributed by atoms with Gasteiger partial charge < -0.3 is 18.7 Å². The summed E-state index contributed by atoms with van der Waals surface area (Å²) >= 11 is 1.66. The number of thiophene rings is 1. The lowest BCUT2D eigenvalue weighted by atomic mass is 10.1. The van der Waals surface area contributed by atoms with E-state index in [1.54, 1.807) is 17.4 Å². The minimum absolute atomic E-state index is 0.0503. The molecule has 0 spiro atoms. The van der Waals surface area contributed by atoms with Crippen LogP contribution in [0.2, 0.25) is 0 Å². The van der Waals surface area contributed by atoms with Gasteiger partial charge >= 0.3 is 5.97 Å². The number of fused-ring (bicyclic) bond motifs is 1. The number of carbonyl (C=O) groups excluding carboxylic acids is 1. The van der Waals surface area contributed by atoms with Crippen LogP contribution in [0.5, 0.6) is 11.5 Å². The summed E-state index contributed by atoms with van der Waals surface area (Å²) in [6.07, 6.45) is 0.639. The molecule has 2 N–H and O–H groups in total. The molecule has 2 unspecified atom stereocenters. The molecule has 1 saturated heterocycles. The van der Waals surface area contributed by atoms with Gasteiger partial charge in [0.25, 0.3) is 0 Å². The predicted molar refractivity (Wildman–Crippen MR) is 104 cm³/mol. The van der Waals surface area contributed by atoms with Crippen molar-refractivity contribution in [2.45, 2.75) is 25.1 Å². The molecule has 2 aromatic heterocycles. The monoisotopic (exact) mass is 413 g/mol. The van der Waals surface area contributed by atoms with Crippen molar-refractivity contribution in [3.8, 4) is 22.8 Å². The molecule has 0 saturated carbocycles. The molecule has 3 aromatic rings. The highest BCUT2D eigenvalue weighted by molar-refractivity contribution is 7.10. The van der Waals surface area contributed by atoms with Crippen molar-refractivity contribution in [1.29, 1.82) is 0 Å². The van der Waals surface area contributed by atoms with E-state index in [1.807, 2.05) is 35.7 Å². The molecule has 1 aromatic carbocycles. The number of aromatic nitrogens is 1. The van der Waals surface area contributed by atoms with E-state index in [9.17, 15) is 4.79 Å². The van der Waals surface area contributed by atoms with Gasteiger partial charge in [0.1, 0.15) is 31.6 Å². The SMILES string of the molecule is O=C(OCc1cc(-c2ccc3c(c2)OCCO3)on1)C1CC(c2cccs2)NN1. The van der Waals surface area contributed by atoms with Crippen LogP contribution in [0.1, 0.15) is 23.0 Å². The molecule has 4 heterocycles. The van der Waals surface area contributed by atoms with E-state index in [0.717, 1.165) is 5.56 Å². The van der Waals surface area contributed by atoms with Gasteiger partial charge in [-0.3, -0.25) is 4.79 Å². The average Bonchev–Trinajstić information content (AvgIpc) is 3.52. The first kappa shape index (κ1) is 18.2. The van der Waals surface area contributed by atoms with Gasteiger partial charge in [-0.15, -0.1) is 11.3 Å². The second kappa shape index (κ2) is 7.86. The average molecular weight is 413 g/mol. The molecule has 0 radical (unpaired) electrons. The summed E-state index contributed by atoms with van der Waals surface area (Å²) in [6.45, 7) is 1.11. The number of carbonyl (C=O) groups is 1. The van der Waals surface area contributed by atoms with Gasteiger partial charge in [-0.2, -0.15) is 0 Å². The fourth-order valence-electron chi connectivity index (χ4n) is 3.34. The summed E-state index contributed by atoms with van der Waals surface area (Å²) < 4.78 is 21.9. The van der Waals surface area contributed by atoms with Crippen LogP contribution >= 0.6 is 11.3 Å². The summed E-state index contributed by atoms with van der Waals surface area (Å²) in [5.41, 5.74) is 7.51. The van der Waals surface area contributed by atoms with Crippen LogP contribution in [0, 0.1) is 0 Å². The number of rotatable bonds is 5. The summed E-state index contributed by atoms with van der Waals surface area (Å²) in [5, 5.41) is 6.02. The van der Waals surface area contributed by atoms with Gasteiger partial charge in [0, 0.05) is 16.5 Å². The third-order valence-corrected chi connectivity index (χ3v) is 5.81. The van der Waals surface area contributed by atoms with E-state index >= 15 is 0 Å². The molecule has 0 aliphatic carbocycles. The van der Waals surface area contributed by atoms with Crippen molar-refractivity contribution < 1.29 is 23.5 Å². The van der Waals surface area contributed by atoms with E-state index in [4.69, 9.17) is 18.7 Å². The zero-order chi connectivity index (χ0) is 19.6. The van der Waals surface area contributed by atoms with Crippen LogP contribution in [0.25, 0.3) is 11.3 Å². The molecule has 2 aliphatic heterocycles. The second-order valence-corrected chi connectivity index (χ2v) is 7.77. The fourth-order valence-corrected chi connectivity index (χ4v) is 4.14. The Morgan fingerprint density at radius 3 is 2.93 bits per heavy atom. The highest BCUT2D eigenvalue weighted by Crippen LogP contribution is 2.34. The van der Waals surface area contributed by atoms with Crippen LogP contribution in [0.4, 0.5) is 0 Å². The van der Waals surface area contributed by atoms with Crippen molar-refractivity contribution in [1.82, 2.24) is 16.0 Å². The number of benzene rings is 1. The molecule has 2 aliphatic rings.